The molecule has 1 aliphatic heterocycles. The molecule has 2 atom stereocenters. The first-order chi connectivity index (χ1) is 8.09. The Balaban J connectivity index is 2.39. The van der Waals surface area contributed by atoms with Crippen LogP contribution in [0.3, 0.4) is 0 Å². The Bertz CT molecular complexity index is 400. The van der Waals surface area contributed by atoms with Gasteiger partial charge in [-0.05, 0) is 33.1 Å². The van der Waals surface area contributed by atoms with E-state index < -0.39 is 27.6 Å². The lowest BCUT2D eigenvalue weighted by Crippen LogP contribution is -2.48. The molecule has 1 rings (SSSR count). The molecule has 0 aromatic carbocycles. The highest BCUT2D eigenvalue weighted by molar-refractivity contribution is 7.91. The lowest BCUT2D eigenvalue weighted by atomic mass is 9.98. The largest absolute Gasteiger partial charge is 0.444 e. The minimum Gasteiger partial charge on any atom is -0.444 e. The smallest absolute Gasteiger partial charge is 0.407 e. The second kappa shape index (κ2) is 5.44. The van der Waals surface area contributed by atoms with Crippen LogP contribution in [-0.4, -0.2) is 44.2 Å². The number of alkyl carbamates (subject to hydrolysis) is 1. The number of amides is 1. The van der Waals surface area contributed by atoms with E-state index in [1.165, 1.54) is 0 Å². The highest BCUT2D eigenvalue weighted by atomic mass is 32.2. The van der Waals surface area contributed by atoms with Crippen LogP contribution in [0.1, 0.15) is 27.2 Å². The summed E-state index contributed by atoms with van der Waals surface area (Å²) in [6.45, 7) is 5.70. The molecule has 0 unspecified atom stereocenters. The first-order valence-corrected chi connectivity index (χ1v) is 7.84. The molecule has 6 nitrogen and oxygen atoms in total. The molecule has 1 heterocycles. The van der Waals surface area contributed by atoms with Gasteiger partial charge < -0.3 is 15.8 Å². The van der Waals surface area contributed by atoms with Crippen LogP contribution in [0.5, 0.6) is 0 Å². The molecule has 0 saturated carbocycles. The van der Waals surface area contributed by atoms with Gasteiger partial charge in [0, 0.05) is 12.6 Å². The van der Waals surface area contributed by atoms with Crippen molar-refractivity contribution in [2.45, 2.75) is 38.8 Å². The van der Waals surface area contributed by atoms with Crippen molar-refractivity contribution in [2.24, 2.45) is 11.7 Å². The first kappa shape index (κ1) is 15.2. The quantitative estimate of drug-likeness (QED) is 0.755. The molecule has 1 saturated heterocycles. The van der Waals surface area contributed by atoms with Crippen molar-refractivity contribution in [1.82, 2.24) is 5.32 Å². The summed E-state index contributed by atoms with van der Waals surface area (Å²) < 4.78 is 27.8. The Labute approximate surface area is 108 Å². The molecule has 0 aromatic rings. The second-order valence-corrected chi connectivity index (χ2v) is 7.94. The zero-order valence-electron chi connectivity index (χ0n) is 11.1. The number of sulfone groups is 1. The van der Waals surface area contributed by atoms with Gasteiger partial charge in [-0.3, -0.25) is 0 Å². The average molecular weight is 278 g/mol. The number of rotatable bonds is 2. The zero-order valence-corrected chi connectivity index (χ0v) is 11.9. The second-order valence-electron chi connectivity index (χ2n) is 5.71. The maximum atomic E-state index is 11.4. The predicted octanol–water partition coefficient (Wildman–Crippen LogP) is 0.273. The number of carbonyl (C=O) groups is 1. The normalized spacial score (nSPS) is 27.6. The van der Waals surface area contributed by atoms with Crippen molar-refractivity contribution in [2.75, 3.05) is 18.1 Å². The fourth-order valence-electron chi connectivity index (χ4n) is 1.84. The Morgan fingerprint density at radius 3 is 2.56 bits per heavy atom. The minimum atomic E-state index is -3.00. The van der Waals surface area contributed by atoms with Crippen LogP contribution in [0.4, 0.5) is 4.79 Å². The molecular weight excluding hydrogens is 256 g/mol. The molecule has 1 fully saturated rings. The molecule has 7 heteroatoms. The average Bonchev–Trinajstić information content (AvgIpc) is 2.12. The van der Waals surface area contributed by atoms with Gasteiger partial charge in [-0.2, -0.15) is 0 Å². The highest BCUT2D eigenvalue weighted by Crippen LogP contribution is 2.17. The zero-order chi connectivity index (χ0) is 14.0. The van der Waals surface area contributed by atoms with Gasteiger partial charge in [-0.15, -0.1) is 0 Å². The van der Waals surface area contributed by atoms with E-state index in [-0.39, 0.29) is 17.4 Å². The summed E-state index contributed by atoms with van der Waals surface area (Å²) in [6.07, 6.45) is -0.0117. The van der Waals surface area contributed by atoms with Crippen molar-refractivity contribution in [3.8, 4) is 0 Å². The van der Waals surface area contributed by atoms with Crippen molar-refractivity contribution in [3.63, 3.8) is 0 Å². The van der Waals surface area contributed by atoms with Gasteiger partial charge in [0.05, 0.1) is 11.5 Å². The van der Waals surface area contributed by atoms with Gasteiger partial charge in [-0.25, -0.2) is 13.2 Å². The van der Waals surface area contributed by atoms with Gasteiger partial charge in [-0.1, -0.05) is 0 Å². The Morgan fingerprint density at radius 2 is 2.06 bits per heavy atom. The molecule has 3 N–H and O–H groups in total. The van der Waals surface area contributed by atoms with E-state index in [0.717, 1.165) is 0 Å². The van der Waals surface area contributed by atoms with Gasteiger partial charge in [0.2, 0.25) is 0 Å². The predicted molar refractivity (Wildman–Crippen MR) is 69.0 cm³/mol. The number of ether oxygens (including phenoxy) is 1. The topological polar surface area (TPSA) is 98.5 Å². The summed E-state index contributed by atoms with van der Waals surface area (Å²) in [6, 6.07) is -0.418. The third-order valence-electron chi connectivity index (χ3n) is 2.76. The molecule has 0 radical (unpaired) electrons. The SMILES string of the molecule is CC(C)(C)OC(=O)NC[C@@H]1CCS(=O)(=O)C[C@H]1N. The van der Waals surface area contributed by atoms with E-state index in [0.29, 0.717) is 13.0 Å². The summed E-state index contributed by atoms with van der Waals surface area (Å²) in [4.78, 5) is 11.4. The minimum absolute atomic E-state index is 0.00628. The third kappa shape index (κ3) is 5.22. The third-order valence-corrected chi connectivity index (χ3v) is 4.51. The van der Waals surface area contributed by atoms with Crippen LogP contribution in [0.2, 0.25) is 0 Å². The van der Waals surface area contributed by atoms with Gasteiger partial charge >= 0.3 is 6.09 Å². The van der Waals surface area contributed by atoms with Gasteiger partial charge in [0.25, 0.3) is 0 Å². The lowest BCUT2D eigenvalue weighted by molar-refractivity contribution is 0.0517. The molecule has 0 aromatic heterocycles. The van der Waals surface area contributed by atoms with E-state index >= 15 is 0 Å². The molecular formula is C11H22N2O4S. The number of hydrogen-bond acceptors (Lipinski definition) is 5. The fourth-order valence-corrected chi connectivity index (χ4v) is 3.53. The molecule has 0 aliphatic carbocycles. The van der Waals surface area contributed by atoms with Gasteiger partial charge in [0.15, 0.2) is 9.84 Å². The van der Waals surface area contributed by atoms with Crippen LogP contribution in [0.25, 0.3) is 0 Å². The molecule has 106 valence electrons. The monoisotopic (exact) mass is 278 g/mol. The maximum absolute atomic E-state index is 11.4. The van der Waals surface area contributed by atoms with Crippen LogP contribution in [0, 0.1) is 5.92 Å². The Hall–Kier alpha value is -0.820. The first-order valence-electron chi connectivity index (χ1n) is 6.02. The summed E-state index contributed by atoms with van der Waals surface area (Å²) in [7, 11) is -3.00. The Kier molecular flexibility index (Phi) is 4.61. The molecule has 18 heavy (non-hydrogen) atoms. The number of hydrogen-bond donors (Lipinski definition) is 2. The maximum Gasteiger partial charge on any atom is 0.407 e. The standard InChI is InChI=1S/C11H22N2O4S/c1-11(2,3)17-10(14)13-6-8-4-5-18(15,16)7-9(8)12/h8-9H,4-7,12H2,1-3H3,(H,13,14)/t8-,9+/m0/s1. The van der Waals surface area contributed by atoms with Crippen molar-refractivity contribution in [3.05, 3.63) is 0 Å². The van der Waals surface area contributed by atoms with Crippen LogP contribution >= 0.6 is 0 Å². The van der Waals surface area contributed by atoms with E-state index in [4.69, 9.17) is 10.5 Å². The Morgan fingerprint density at radius 1 is 1.44 bits per heavy atom. The van der Waals surface area contributed by atoms with Crippen LogP contribution in [-0.2, 0) is 14.6 Å². The summed E-state index contributed by atoms with van der Waals surface area (Å²) in [5, 5.41) is 2.63. The van der Waals surface area contributed by atoms with Crippen molar-refractivity contribution >= 4 is 15.9 Å². The number of nitrogens with two attached hydrogens (primary N) is 1. The van der Waals surface area contributed by atoms with E-state index in [1.54, 1.807) is 20.8 Å². The highest BCUT2D eigenvalue weighted by Gasteiger charge is 2.31. The number of nitrogens with one attached hydrogen (secondary N) is 1. The molecule has 1 aliphatic rings. The van der Waals surface area contributed by atoms with E-state index in [2.05, 4.69) is 5.32 Å². The van der Waals surface area contributed by atoms with Crippen molar-refractivity contribution in [1.29, 1.82) is 0 Å². The van der Waals surface area contributed by atoms with Crippen LogP contribution in [0.15, 0.2) is 0 Å². The molecule has 1 amide bonds. The van der Waals surface area contributed by atoms with E-state index in [1.807, 2.05) is 0 Å². The summed E-state index contributed by atoms with van der Waals surface area (Å²) >= 11 is 0. The van der Waals surface area contributed by atoms with Gasteiger partial charge in [0.1, 0.15) is 5.60 Å². The van der Waals surface area contributed by atoms with Crippen LogP contribution < -0.4 is 11.1 Å². The van der Waals surface area contributed by atoms with Crippen molar-refractivity contribution < 1.29 is 17.9 Å². The summed E-state index contributed by atoms with van der Waals surface area (Å²) in [5.41, 5.74) is 5.26. The van der Waals surface area contributed by atoms with E-state index in [9.17, 15) is 13.2 Å². The lowest BCUT2D eigenvalue weighted by Gasteiger charge is -2.29. The summed E-state index contributed by atoms with van der Waals surface area (Å²) in [5.74, 6) is 0.121. The number of carbonyl (C=O) groups excluding carboxylic acids is 1. The fraction of sp³-hybridized carbons (Fsp3) is 0.909. The molecule has 0 spiro atoms. The molecule has 0 bridgehead atoms.